The highest BCUT2D eigenvalue weighted by molar-refractivity contribution is 5.48. The van der Waals surface area contributed by atoms with Gasteiger partial charge in [-0.05, 0) is 26.7 Å². The van der Waals surface area contributed by atoms with Gasteiger partial charge in [0.25, 0.3) is 5.78 Å². The summed E-state index contributed by atoms with van der Waals surface area (Å²) in [7, 11) is 1.71. The van der Waals surface area contributed by atoms with Gasteiger partial charge in [-0.2, -0.15) is 14.6 Å². The lowest BCUT2D eigenvalue weighted by Crippen LogP contribution is -2.54. The van der Waals surface area contributed by atoms with Crippen LogP contribution < -0.4 is 4.90 Å². The first-order valence-corrected chi connectivity index (χ1v) is 8.64. The third-order valence-electron chi connectivity index (χ3n) is 4.23. The predicted octanol–water partition coefficient (Wildman–Crippen LogP) is 2.10. The minimum atomic E-state index is -0.249. The number of rotatable bonds is 6. The number of hydrogen-bond acceptors (Lipinski definition) is 6. The second kappa shape index (κ2) is 7.03. The summed E-state index contributed by atoms with van der Waals surface area (Å²) in [5.41, 5.74) is 0.821. The molecule has 7 heteroatoms. The largest absolute Gasteiger partial charge is 0.382 e. The zero-order valence-electron chi connectivity index (χ0n) is 15.0. The van der Waals surface area contributed by atoms with E-state index >= 15 is 0 Å². The molecular weight excluding hydrogens is 306 g/mol. The number of ether oxygens (including phenoxy) is 2. The van der Waals surface area contributed by atoms with E-state index in [1.54, 1.807) is 13.4 Å². The van der Waals surface area contributed by atoms with Gasteiger partial charge in [-0.25, -0.2) is 4.98 Å². The lowest BCUT2D eigenvalue weighted by molar-refractivity contribution is -0.106. The van der Waals surface area contributed by atoms with Crippen molar-refractivity contribution < 1.29 is 9.47 Å². The summed E-state index contributed by atoms with van der Waals surface area (Å²) < 4.78 is 13.3. The van der Waals surface area contributed by atoms with Crippen LogP contribution in [0.15, 0.2) is 12.4 Å². The molecule has 1 aliphatic heterocycles. The van der Waals surface area contributed by atoms with E-state index in [9.17, 15) is 0 Å². The van der Waals surface area contributed by atoms with E-state index in [1.165, 1.54) is 0 Å². The molecule has 0 spiro atoms. The zero-order valence-corrected chi connectivity index (χ0v) is 15.0. The third kappa shape index (κ3) is 3.67. The molecule has 3 heterocycles. The molecule has 0 radical (unpaired) electrons. The zero-order chi connectivity index (χ0) is 17.2. The maximum atomic E-state index is 6.13. The molecule has 0 N–H and O–H groups in total. The number of fused-ring (bicyclic) bond motifs is 1. The van der Waals surface area contributed by atoms with Crippen LogP contribution in [0.25, 0.3) is 5.78 Å². The summed E-state index contributed by atoms with van der Waals surface area (Å²) in [4.78, 5) is 11.2. The SMILES string of the molecule is CCCCc1cc(N2C[C@H](COC)OC(C)(C)C2)n2ncnc2n1. The third-order valence-corrected chi connectivity index (χ3v) is 4.23. The molecule has 2 aromatic rings. The van der Waals surface area contributed by atoms with Crippen LogP contribution in [0.1, 0.15) is 39.3 Å². The average Bonchev–Trinajstić information content (AvgIpc) is 2.99. The van der Waals surface area contributed by atoms with E-state index in [1.807, 2.05) is 4.52 Å². The molecule has 0 bridgehead atoms. The fraction of sp³-hybridized carbons (Fsp3) is 0.706. The highest BCUT2D eigenvalue weighted by atomic mass is 16.5. The van der Waals surface area contributed by atoms with Crippen molar-refractivity contribution in [2.24, 2.45) is 0 Å². The molecule has 0 saturated carbocycles. The van der Waals surface area contributed by atoms with Crippen molar-refractivity contribution in [1.82, 2.24) is 19.6 Å². The molecule has 1 atom stereocenters. The van der Waals surface area contributed by atoms with E-state index in [2.05, 4.69) is 46.8 Å². The number of methoxy groups -OCH3 is 1. The molecule has 7 nitrogen and oxygen atoms in total. The Kier molecular flexibility index (Phi) is 5.01. The molecule has 2 aromatic heterocycles. The van der Waals surface area contributed by atoms with Crippen molar-refractivity contribution in [1.29, 1.82) is 0 Å². The van der Waals surface area contributed by atoms with Crippen LogP contribution in [0.3, 0.4) is 0 Å². The first-order chi connectivity index (χ1) is 11.5. The molecule has 0 amide bonds. The Morgan fingerprint density at radius 2 is 2.25 bits per heavy atom. The van der Waals surface area contributed by atoms with Gasteiger partial charge < -0.3 is 14.4 Å². The molecule has 3 rings (SSSR count). The van der Waals surface area contributed by atoms with E-state index < -0.39 is 0 Å². The number of morpholine rings is 1. The quantitative estimate of drug-likeness (QED) is 0.806. The van der Waals surface area contributed by atoms with Gasteiger partial charge in [0.15, 0.2) is 0 Å². The molecule has 0 aliphatic carbocycles. The molecule has 132 valence electrons. The topological polar surface area (TPSA) is 64.8 Å². The Hall–Kier alpha value is -1.73. The maximum Gasteiger partial charge on any atom is 0.254 e. The monoisotopic (exact) mass is 333 g/mol. The van der Waals surface area contributed by atoms with Crippen LogP contribution in [0, 0.1) is 0 Å². The number of aromatic nitrogens is 4. The Morgan fingerprint density at radius 1 is 1.42 bits per heavy atom. The average molecular weight is 333 g/mol. The standard InChI is InChI=1S/C17H27N5O2/c1-5-6-7-13-8-15(22-16(20-13)18-12-19-22)21-9-14(10-23-4)24-17(2,3)11-21/h8,12,14H,5-7,9-11H2,1-4H3/t14-/m1/s1. The Balaban J connectivity index is 1.95. The second-order valence-corrected chi connectivity index (χ2v) is 7.02. The molecule has 1 saturated heterocycles. The summed E-state index contributed by atoms with van der Waals surface area (Å²) in [6.07, 6.45) is 4.83. The van der Waals surface area contributed by atoms with Crippen molar-refractivity contribution in [3.05, 3.63) is 18.1 Å². The van der Waals surface area contributed by atoms with Crippen molar-refractivity contribution in [3.63, 3.8) is 0 Å². The molecule has 1 fully saturated rings. The number of nitrogens with zero attached hydrogens (tertiary/aromatic N) is 5. The molecule has 24 heavy (non-hydrogen) atoms. The van der Waals surface area contributed by atoms with Crippen molar-refractivity contribution >= 4 is 11.6 Å². The van der Waals surface area contributed by atoms with Crippen molar-refractivity contribution in [2.75, 3.05) is 31.7 Å². The summed E-state index contributed by atoms with van der Waals surface area (Å²) in [5, 5.41) is 4.36. The van der Waals surface area contributed by atoms with E-state index in [4.69, 9.17) is 9.47 Å². The first kappa shape index (κ1) is 17.1. The molecule has 0 unspecified atom stereocenters. The van der Waals surface area contributed by atoms with Crippen LogP contribution in [0.2, 0.25) is 0 Å². The molecule has 0 aromatic carbocycles. The molecular formula is C17H27N5O2. The summed E-state index contributed by atoms with van der Waals surface area (Å²) in [6, 6.07) is 2.14. The highest BCUT2D eigenvalue weighted by Crippen LogP contribution is 2.27. The van der Waals surface area contributed by atoms with Crippen LogP contribution in [-0.2, 0) is 15.9 Å². The van der Waals surface area contributed by atoms with Gasteiger partial charge in [-0.15, -0.1) is 0 Å². The summed E-state index contributed by atoms with van der Waals surface area (Å²) in [6.45, 7) is 8.55. The number of anilines is 1. The van der Waals surface area contributed by atoms with Crippen LogP contribution >= 0.6 is 0 Å². The lowest BCUT2D eigenvalue weighted by Gasteiger charge is -2.43. The van der Waals surface area contributed by atoms with Gasteiger partial charge in [0.1, 0.15) is 12.1 Å². The second-order valence-electron chi connectivity index (χ2n) is 7.02. The normalized spacial score (nSPS) is 20.7. The Labute approximate surface area is 143 Å². The van der Waals surface area contributed by atoms with Crippen LogP contribution in [-0.4, -0.2) is 58.1 Å². The van der Waals surface area contributed by atoms with Gasteiger partial charge >= 0.3 is 0 Å². The number of hydrogen-bond donors (Lipinski definition) is 0. The molecule has 1 aliphatic rings. The van der Waals surface area contributed by atoms with Crippen LogP contribution in [0.5, 0.6) is 0 Å². The first-order valence-electron chi connectivity index (χ1n) is 8.64. The summed E-state index contributed by atoms with van der Waals surface area (Å²) in [5.74, 6) is 1.69. The fourth-order valence-corrected chi connectivity index (χ4v) is 3.30. The van der Waals surface area contributed by atoms with Gasteiger partial charge in [0.2, 0.25) is 0 Å². The Morgan fingerprint density at radius 3 is 3.00 bits per heavy atom. The minimum Gasteiger partial charge on any atom is -0.382 e. The highest BCUT2D eigenvalue weighted by Gasteiger charge is 2.34. The van der Waals surface area contributed by atoms with E-state index in [-0.39, 0.29) is 11.7 Å². The van der Waals surface area contributed by atoms with Crippen molar-refractivity contribution in [3.8, 4) is 0 Å². The van der Waals surface area contributed by atoms with E-state index in [0.717, 1.165) is 43.9 Å². The van der Waals surface area contributed by atoms with Crippen molar-refractivity contribution in [2.45, 2.75) is 51.7 Å². The summed E-state index contributed by atoms with van der Waals surface area (Å²) >= 11 is 0. The van der Waals surface area contributed by atoms with Gasteiger partial charge in [0.05, 0.1) is 18.3 Å². The van der Waals surface area contributed by atoms with E-state index in [0.29, 0.717) is 12.4 Å². The smallest absolute Gasteiger partial charge is 0.254 e. The Bertz CT molecular complexity index is 685. The van der Waals surface area contributed by atoms with Gasteiger partial charge in [-0.3, -0.25) is 0 Å². The van der Waals surface area contributed by atoms with Gasteiger partial charge in [0, 0.05) is 32.0 Å². The van der Waals surface area contributed by atoms with Crippen LogP contribution in [0.4, 0.5) is 5.82 Å². The fourth-order valence-electron chi connectivity index (χ4n) is 3.30. The number of unbranched alkanes of at least 4 members (excludes halogenated alkanes) is 1. The predicted molar refractivity (Wildman–Crippen MR) is 92.4 cm³/mol. The minimum absolute atomic E-state index is 0.0320. The van der Waals surface area contributed by atoms with Gasteiger partial charge in [-0.1, -0.05) is 13.3 Å². The maximum absolute atomic E-state index is 6.13. The number of aryl methyl sites for hydroxylation is 1. The lowest BCUT2D eigenvalue weighted by atomic mass is 10.1.